The van der Waals surface area contributed by atoms with Gasteiger partial charge in [0, 0.05) is 12.0 Å². The Morgan fingerprint density at radius 2 is 1.68 bits per heavy atom. The fourth-order valence-electron chi connectivity index (χ4n) is 3.08. The molecule has 0 unspecified atom stereocenters. The Hall–Kier alpha value is -0.870. The lowest BCUT2D eigenvalue weighted by Gasteiger charge is -2.24. The van der Waals surface area contributed by atoms with Crippen molar-refractivity contribution in [2.75, 3.05) is 0 Å². The molecule has 1 aliphatic rings. The molecule has 1 saturated carbocycles. The van der Waals surface area contributed by atoms with Gasteiger partial charge < -0.3 is 0 Å². The lowest BCUT2D eigenvalue weighted by molar-refractivity contribution is 0.519. The van der Waals surface area contributed by atoms with E-state index in [0.717, 1.165) is 19.3 Å². The Labute approximate surface area is 135 Å². The molecule has 2 rings (SSSR count). The fraction of sp³-hybridized carbons (Fsp3) is 0.667. The van der Waals surface area contributed by atoms with Gasteiger partial charge in [0.2, 0.25) is 10.0 Å². The summed E-state index contributed by atoms with van der Waals surface area (Å²) in [4.78, 5) is 0. The van der Waals surface area contributed by atoms with E-state index >= 15 is 0 Å². The molecule has 0 spiro atoms. The van der Waals surface area contributed by atoms with Gasteiger partial charge in [-0.3, -0.25) is 0 Å². The molecule has 1 N–H and O–H groups in total. The molecule has 22 heavy (non-hydrogen) atoms. The van der Waals surface area contributed by atoms with Crippen LogP contribution in [0.4, 0.5) is 0 Å². The highest BCUT2D eigenvalue weighted by Crippen LogP contribution is 2.36. The normalized spacial score (nSPS) is 23.2. The summed E-state index contributed by atoms with van der Waals surface area (Å²) in [5.74, 6) is 0.294. The summed E-state index contributed by atoms with van der Waals surface area (Å²) in [5, 5.41) is -0.378. The van der Waals surface area contributed by atoms with Crippen molar-refractivity contribution in [1.82, 2.24) is 4.72 Å². The first-order chi connectivity index (χ1) is 10.1. The quantitative estimate of drug-likeness (QED) is 0.912. The molecular weight excluding hydrogens is 294 g/mol. The van der Waals surface area contributed by atoms with Crippen LogP contribution in [0.25, 0.3) is 0 Å². The fourth-order valence-corrected chi connectivity index (χ4v) is 4.05. The Bertz CT molecular complexity index is 597. The number of hydrogen-bond donors (Lipinski definition) is 1. The lowest BCUT2D eigenvalue weighted by Crippen LogP contribution is -2.40. The lowest BCUT2D eigenvalue weighted by atomic mass is 9.85. The SMILES string of the molecule is CC(C)S(=O)(=O)N[C@@H]1CCC[C@H]1c1ccc(C(C)(C)C)cc1. The zero-order valence-corrected chi connectivity index (χ0v) is 15.2. The Balaban J connectivity index is 2.17. The molecular formula is C18H29NO2S. The van der Waals surface area contributed by atoms with Crippen molar-refractivity contribution in [2.24, 2.45) is 0 Å². The van der Waals surface area contributed by atoms with Crippen LogP contribution in [-0.4, -0.2) is 19.7 Å². The van der Waals surface area contributed by atoms with E-state index in [1.807, 2.05) is 0 Å². The highest BCUT2D eigenvalue weighted by Gasteiger charge is 2.32. The van der Waals surface area contributed by atoms with Gasteiger partial charge in [-0.2, -0.15) is 0 Å². The van der Waals surface area contributed by atoms with Crippen molar-refractivity contribution in [1.29, 1.82) is 0 Å². The molecule has 0 radical (unpaired) electrons. The summed E-state index contributed by atoms with van der Waals surface area (Å²) in [7, 11) is -3.20. The van der Waals surface area contributed by atoms with Crippen LogP contribution in [0, 0.1) is 0 Å². The second-order valence-corrected chi connectivity index (χ2v) is 10.00. The van der Waals surface area contributed by atoms with Crippen LogP contribution >= 0.6 is 0 Å². The number of hydrogen-bond acceptors (Lipinski definition) is 2. The largest absolute Gasteiger partial charge is 0.214 e. The minimum atomic E-state index is -3.20. The van der Waals surface area contributed by atoms with Gasteiger partial charge in [0.05, 0.1) is 5.25 Å². The van der Waals surface area contributed by atoms with E-state index in [4.69, 9.17) is 0 Å². The molecule has 0 amide bonds. The van der Waals surface area contributed by atoms with Gasteiger partial charge in [-0.1, -0.05) is 51.5 Å². The summed E-state index contributed by atoms with van der Waals surface area (Å²) in [6.07, 6.45) is 3.06. The molecule has 0 aliphatic heterocycles. The summed E-state index contributed by atoms with van der Waals surface area (Å²) in [6.45, 7) is 10.1. The van der Waals surface area contributed by atoms with Crippen LogP contribution in [-0.2, 0) is 15.4 Å². The number of rotatable bonds is 4. The minimum absolute atomic E-state index is 0.0351. The third-order valence-electron chi connectivity index (χ3n) is 4.66. The molecule has 0 saturated heterocycles. The first-order valence-electron chi connectivity index (χ1n) is 8.23. The van der Waals surface area contributed by atoms with Gasteiger partial charge in [-0.15, -0.1) is 0 Å². The number of sulfonamides is 1. The topological polar surface area (TPSA) is 46.2 Å². The van der Waals surface area contributed by atoms with Crippen LogP contribution in [0.5, 0.6) is 0 Å². The molecule has 1 aromatic carbocycles. The maximum atomic E-state index is 12.1. The van der Waals surface area contributed by atoms with Crippen LogP contribution in [0.1, 0.15) is 70.9 Å². The molecule has 0 aromatic heterocycles. The van der Waals surface area contributed by atoms with Gasteiger partial charge in [-0.05, 0) is 43.2 Å². The number of nitrogens with one attached hydrogen (secondary N) is 1. The Morgan fingerprint density at radius 1 is 1.09 bits per heavy atom. The van der Waals surface area contributed by atoms with Crippen molar-refractivity contribution in [3.8, 4) is 0 Å². The van der Waals surface area contributed by atoms with E-state index in [9.17, 15) is 8.42 Å². The van der Waals surface area contributed by atoms with E-state index in [1.165, 1.54) is 11.1 Å². The van der Waals surface area contributed by atoms with E-state index < -0.39 is 10.0 Å². The molecule has 0 bridgehead atoms. The van der Waals surface area contributed by atoms with E-state index in [2.05, 4.69) is 49.8 Å². The molecule has 1 fully saturated rings. The molecule has 4 heteroatoms. The van der Waals surface area contributed by atoms with Crippen molar-refractivity contribution in [2.45, 2.75) is 76.5 Å². The molecule has 1 aromatic rings. The third kappa shape index (κ3) is 3.90. The van der Waals surface area contributed by atoms with Crippen molar-refractivity contribution in [3.05, 3.63) is 35.4 Å². The van der Waals surface area contributed by atoms with Gasteiger partial charge in [0.1, 0.15) is 0 Å². The molecule has 124 valence electrons. The van der Waals surface area contributed by atoms with E-state index in [-0.39, 0.29) is 16.7 Å². The van der Waals surface area contributed by atoms with Crippen molar-refractivity contribution >= 4 is 10.0 Å². The van der Waals surface area contributed by atoms with E-state index in [1.54, 1.807) is 13.8 Å². The predicted molar refractivity (Wildman–Crippen MR) is 92.7 cm³/mol. The summed E-state index contributed by atoms with van der Waals surface area (Å²) < 4.78 is 27.2. The van der Waals surface area contributed by atoms with E-state index in [0.29, 0.717) is 5.92 Å². The van der Waals surface area contributed by atoms with Gasteiger partial charge in [0.25, 0.3) is 0 Å². The molecule has 3 nitrogen and oxygen atoms in total. The summed E-state index contributed by atoms with van der Waals surface area (Å²) in [6, 6.07) is 8.75. The third-order valence-corrected chi connectivity index (χ3v) is 6.53. The predicted octanol–water partition coefficient (Wildman–Crippen LogP) is 3.95. The second kappa shape index (κ2) is 6.32. The van der Waals surface area contributed by atoms with Crippen LogP contribution in [0.3, 0.4) is 0 Å². The highest BCUT2D eigenvalue weighted by molar-refractivity contribution is 7.90. The molecule has 0 heterocycles. The highest BCUT2D eigenvalue weighted by atomic mass is 32.2. The first kappa shape index (κ1) is 17.5. The second-order valence-electron chi connectivity index (χ2n) is 7.73. The van der Waals surface area contributed by atoms with Gasteiger partial charge in [0.15, 0.2) is 0 Å². The average molecular weight is 324 g/mol. The number of benzene rings is 1. The maximum Gasteiger partial charge on any atom is 0.214 e. The van der Waals surface area contributed by atoms with Crippen LogP contribution in [0.2, 0.25) is 0 Å². The van der Waals surface area contributed by atoms with Crippen LogP contribution in [0.15, 0.2) is 24.3 Å². The standard InChI is InChI=1S/C18H29NO2S/c1-13(2)22(20,21)19-17-8-6-7-16(17)14-9-11-15(12-10-14)18(3,4)5/h9-13,16-17,19H,6-8H2,1-5H3/t16-,17+/m0/s1. The molecule has 2 atom stereocenters. The summed E-state index contributed by atoms with van der Waals surface area (Å²) in [5.41, 5.74) is 2.71. The monoisotopic (exact) mass is 323 g/mol. The Kier molecular flexibility index (Phi) is 5.03. The zero-order valence-electron chi connectivity index (χ0n) is 14.4. The maximum absolute atomic E-state index is 12.1. The van der Waals surface area contributed by atoms with Crippen molar-refractivity contribution in [3.63, 3.8) is 0 Å². The minimum Gasteiger partial charge on any atom is -0.212 e. The zero-order chi connectivity index (χ0) is 16.5. The Morgan fingerprint density at radius 3 is 2.18 bits per heavy atom. The molecule has 1 aliphatic carbocycles. The van der Waals surface area contributed by atoms with Gasteiger partial charge >= 0.3 is 0 Å². The van der Waals surface area contributed by atoms with Crippen LogP contribution < -0.4 is 4.72 Å². The average Bonchev–Trinajstić information content (AvgIpc) is 2.85. The first-order valence-corrected chi connectivity index (χ1v) is 9.77. The van der Waals surface area contributed by atoms with Gasteiger partial charge in [-0.25, -0.2) is 13.1 Å². The van der Waals surface area contributed by atoms with Crippen molar-refractivity contribution < 1.29 is 8.42 Å². The summed E-state index contributed by atoms with van der Waals surface area (Å²) >= 11 is 0. The smallest absolute Gasteiger partial charge is 0.212 e.